The molecule has 0 unspecified atom stereocenters. The fraction of sp³-hybridized carbons (Fsp3) is 0.350. The Hall–Kier alpha value is -2.96. The van der Waals surface area contributed by atoms with Gasteiger partial charge in [-0.3, -0.25) is 9.89 Å². The van der Waals surface area contributed by atoms with Crippen LogP contribution in [0.5, 0.6) is 0 Å². The van der Waals surface area contributed by atoms with E-state index in [0.29, 0.717) is 17.3 Å². The third kappa shape index (κ3) is 3.77. The molecule has 1 aromatic carbocycles. The van der Waals surface area contributed by atoms with Crippen molar-refractivity contribution in [1.29, 1.82) is 0 Å². The molecule has 1 fully saturated rings. The van der Waals surface area contributed by atoms with Crippen molar-refractivity contribution in [2.75, 3.05) is 13.1 Å². The molecule has 1 amide bonds. The van der Waals surface area contributed by atoms with Gasteiger partial charge in [-0.1, -0.05) is 0 Å². The number of hydrogen-bond donors (Lipinski definition) is 1. The Morgan fingerprint density at radius 1 is 1.26 bits per heavy atom. The number of amides is 1. The van der Waals surface area contributed by atoms with E-state index in [1.807, 2.05) is 24.2 Å². The Bertz CT molecular complexity index is 922. The first kappa shape index (κ1) is 17.5. The number of imidazole rings is 1. The molecule has 1 aliphatic heterocycles. The highest BCUT2D eigenvalue weighted by Crippen LogP contribution is 2.23. The minimum Gasteiger partial charge on any atom is -0.337 e. The Balaban J connectivity index is 1.37. The maximum atomic E-state index is 13.1. The van der Waals surface area contributed by atoms with Crippen LogP contribution >= 0.6 is 0 Å². The van der Waals surface area contributed by atoms with Crippen LogP contribution in [-0.4, -0.2) is 43.6 Å². The minimum atomic E-state index is -0.292. The maximum absolute atomic E-state index is 13.1. The lowest BCUT2D eigenvalue weighted by Gasteiger charge is -2.32. The predicted molar refractivity (Wildman–Crippen MR) is 99.6 cm³/mol. The quantitative estimate of drug-likeness (QED) is 0.770. The van der Waals surface area contributed by atoms with Crippen LogP contribution in [0.25, 0.3) is 11.3 Å². The second-order valence-corrected chi connectivity index (χ2v) is 7.04. The topological polar surface area (TPSA) is 66.8 Å². The first-order valence-electron chi connectivity index (χ1n) is 9.18. The summed E-state index contributed by atoms with van der Waals surface area (Å²) in [5.41, 5.74) is 1.89. The summed E-state index contributed by atoms with van der Waals surface area (Å²) in [4.78, 5) is 18.9. The van der Waals surface area contributed by atoms with E-state index in [1.165, 1.54) is 12.1 Å². The van der Waals surface area contributed by atoms with Crippen molar-refractivity contribution in [1.82, 2.24) is 24.6 Å². The van der Waals surface area contributed by atoms with Crippen molar-refractivity contribution in [3.63, 3.8) is 0 Å². The van der Waals surface area contributed by atoms with Gasteiger partial charge in [0, 0.05) is 37.6 Å². The second kappa shape index (κ2) is 7.34. The molecule has 1 aliphatic rings. The summed E-state index contributed by atoms with van der Waals surface area (Å²) in [7, 11) is 0. The van der Waals surface area contributed by atoms with Gasteiger partial charge >= 0.3 is 0 Å². The molecule has 4 rings (SSSR count). The zero-order chi connectivity index (χ0) is 18.8. The van der Waals surface area contributed by atoms with Crippen LogP contribution in [0.4, 0.5) is 4.39 Å². The van der Waals surface area contributed by atoms with E-state index in [1.54, 1.807) is 18.2 Å². The highest BCUT2D eigenvalue weighted by Gasteiger charge is 2.25. The Morgan fingerprint density at radius 2 is 2.00 bits per heavy atom. The van der Waals surface area contributed by atoms with Gasteiger partial charge in [-0.15, -0.1) is 0 Å². The van der Waals surface area contributed by atoms with E-state index in [-0.39, 0.29) is 11.7 Å². The fourth-order valence-electron chi connectivity index (χ4n) is 3.56. The third-order valence-corrected chi connectivity index (χ3v) is 5.23. The number of rotatable bonds is 4. The molecule has 0 spiro atoms. The number of hydrogen-bond acceptors (Lipinski definition) is 3. The maximum Gasteiger partial charge on any atom is 0.271 e. The molecule has 27 heavy (non-hydrogen) atoms. The number of carbonyl (C=O) groups excluding carboxylic acids is 1. The number of likely N-dealkylation sites (tertiary alicyclic amines) is 1. The summed E-state index contributed by atoms with van der Waals surface area (Å²) in [6.45, 7) is 4.44. The van der Waals surface area contributed by atoms with Gasteiger partial charge in [0.25, 0.3) is 5.91 Å². The van der Waals surface area contributed by atoms with Crippen molar-refractivity contribution in [2.45, 2.75) is 26.3 Å². The van der Waals surface area contributed by atoms with Crippen LogP contribution in [-0.2, 0) is 6.54 Å². The van der Waals surface area contributed by atoms with E-state index in [2.05, 4.69) is 19.7 Å². The number of H-pyrrole nitrogens is 1. The van der Waals surface area contributed by atoms with Crippen molar-refractivity contribution in [2.24, 2.45) is 5.92 Å². The summed E-state index contributed by atoms with van der Waals surface area (Å²) in [6, 6.07) is 7.82. The molecule has 0 saturated carbocycles. The van der Waals surface area contributed by atoms with Gasteiger partial charge in [0.05, 0.1) is 5.69 Å². The molecule has 0 atom stereocenters. The van der Waals surface area contributed by atoms with Crippen molar-refractivity contribution in [3.8, 4) is 11.3 Å². The molecule has 2 aromatic heterocycles. The zero-order valence-electron chi connectivity index (χ0n) is 15.2. The lowest BCUT2D eigenvalue weighted by molar-refractivity contribution is 0.0676. The van der Waals surface area contributed by atoms with Gasteiger partial charge in [0.1, 0.15) is 17.3 Å². The lowest BCUT2D eigenvalue weighted by Crippen LogP contribution is -2.39. The normalized spacial score (nSPS) is 15.3. The molecule has 1 saturated heterocycles. The third-order valence-electron chi connectivity index (χ3n) is 5.23. The molecule has 3 heterocycles. The average Bonchev–Trinajstić information content (AvgIpc) is 3.32. The van der Waals surface area contributed by atoms with Gasteiger partial charge in [-0.05, 0) is 56.0 Å². The lowest BCUT2D eigenvalue weighted by atomic mass is 9.96. The molecule has 0 bridgehead atoms. The Kier molecular flexibility index (Phi) is 4.75. The van der Waals surface area contributed by atoms with E-state index in [4.69, 9.17) is 0 Å². The fourth-order valence-corrected chi connectivity index (χ4v) is 3.56. The SMILES string of the molecule is Cc1nccn1CC1CCN(C(=O)c2cc(-c3ccc(F)cc3)n[nH]2)CC1. The Labute approximate surface area is 157 Å². The van der Waals surface area contributed by atoms with Gasteiger partial charge in [0.15, 0.2) is 0 Å². The number of nitrogens with zero attached hydrogens (tertiary/aromatic N) is 4. The van der Waals surface area contributed by atoms with Gasteiger partial charge < -0.3 is 9.47 Å². The van der Waals surface area contributed by atoms with E-state index in [0.717, 1.165) is 43.9 Å². The van der Waals surface area contributed by atoms with Crippen molar-refractivity contribution in [3.05, 3.63) is 60.1 Å². The number of carbonyl (C=O) groups is 1. The first-order chi connectivity index (χ1) is 13.1. The molecular weight excluding hydrogens is 345 g/mol. The highest BCUT2D eigenvalue weighted by atomic mass is 19.1. The number of nitrogens with one attached hydrogen (secondary N) is 1. The average molecular weight is 367 g/mol. The van der Waals surface area contributed by atoms with Gasteiger partial charge in [-0.25, -0.2) is 9.37 Å². The molecular formula is C20H22FN5O. The number of aromatic nitrogens is 4. The second-order valence-electron chi connectivity index (χ2n) is 7.04. The summed E-state index contributed by atoms with van der Waals surface area (Å²) >= 11 is 0. The summed E-state index contributed by atoms with van der Waals surface area (Å²) in [5, 5.41) is 7.02. The summed E-state index contributed by atoms with van der Waals surface area (Å²) in [6.07, 6.45) is 5.78. The molecule has 0 radical (unpaired) electrons. The predicted octanol–water partition coefficient (Wildman–Crippen LogP) is 3.27. The number of aryl methyl sites for hydroxylation is 1. The van der Waals surface area contributed by atoms with Gasteiger partial charge in [-0.2, -0.15) is 5.10 Å². The molecule has 6 nitrogen and oxygen atoms in total. The molecule has 1 N–H and O–H groups in total. The highest BCUT2D eigenvalue weighted by molar-refractivity contribution is 5.93. The molecule has 7 heteroatoms. The monoisotopic (exact) mass is 367 g/mol. The smallest absolute Gasteiger partial charge is 0.271 e. The van der Waals surface area contributed by atoms with Crippen LogP contribution in [0.15, 0.2) is 42.7 Å². The molecule has 0 aliphatic carbocycles. The first-order valence-corrected chi connectivity index (χ1v) is 9.18. The largest absolute Gasteiger partial charge is 0.337 e. The summed E-state index contributed by atoms with van der Waals surface area (Å²) < 4.78 is 15.2. The number of benzene rings is 1. The van der Waals surface area contributed by atoms with Crippen LogP contribution in [0.1, 0.15) is 29.2 Å². The van der Waals surface area contributed by atoms with Crippen LogP contribution in [0.3, 0.4) is 0 Å². The van der Waals surface area contributed by atoms with Crippen molar-refractivity contribution >= 4 is 5.91 Å². The summed E-state index contributed by atoms with van der Waals surface area (Å²) in [5.74, 6) is 1.25. The molecule has 3 aromatic rings. The number of piperidine rings is 1. The van der Waals surface area contributed by atoms with Crippen LogP contribution in [0, 0.1) is 18.7 Å². The Morgan fingerprint density at radius 3 is 2.67 bits per heavy atom. The van der Waals surface area contributed by atoms with E-state index in [9.17, 15) is 9.18 Å². The molecule has 140 valence electrons. The zero-order valence-corrected chi connectivity index (χ0v) is 15.2. The van der Waals surface area contributed by atoms with Crippen LogP contribution < -0.4 is 0 Å². The van der Waals surface area contributed by atoms with E-state index >= 15 is 0 Å². The minimum absolute atomic E-state index is 0.0341. The van der Waals surface area contributed by atoms with Gasteiger partial charge in [0.2, 0.25) is 0 Å². The number of halogens is 1. The van der Waals surface area contributed by atoms with Crippen LogP contribution in [0.2, 0.25) is 0 Å². The number of aromatic amines is 1. The van der Waals surface area contributed by atoms with Crippen molar-refractivity contribution < 1.29 is 9.18 Å². The standard InChI is InChI=1S/C20H22FN5O/c1-14-22-8-11-26(14)13-15-6-9-25(10-7-15)20(27)19-12-18(23-24-19)16-2-4-17(21)5-3-16/h2-5,8,11-12,15H,6-7,9-10,13H2,1H3,(H,23,24). The van der Waals surface area contributed by atoms with E-state index < -0.39 is 0 Å².